The number of ether oxygens (including phenoxy) is 2. The second-order valence-corrected chi connectivity index (χ2v) is 11.8. The molecule has 7 rings (SSSR count). The first-order valence-electron chi connectivity index (χ1n) is 12.7. The van der Waals surface area contributed by atoms with E-state index in [2.05, 4.69) is 27.3 Å². The van der Waals surface area contributed by atoms with Gasteiger partial charge in [-0.25, -0.2) is 9.97 Å². The third kappa shape index (κ3) is 3.58. The van der Waals surface area contributed by atoms with E-state index in [1.807, 2.05) is 58.3 Å². The number of fused-ring (bicyclic) bond motifs is 1. The van der Waals surface area contributed by atoms with E-state index in [-0.39, 0.29) is 18.1 Å². The summed E-state index contributed by atoms with van der Waals surface area (Å²) in [5, 5.41) is 18.6. The molecule has 2 saturated carbocycles. The summed E-state index contributed by atoms with van der Waals surface area (Å²) in [6, 6.07) is 12.2. The molecule has 4 aromatic rings. The van der Waals surface area contributed by atoms with Crippen molar-refractivity contribution in [2.24, 2.45) is 13.0 Å². The van der Waals surface area contributed by atoms with Crippen LogP contribution in [0, 0.1) is 12.8 Å². The molecule has 1 aromatic carbocycles. The zero-order valence-electron chi connectivity index (χ0n) is 21.2. The molecule has 1 saturated heterocycles. The van der Waals surface area contributed by atoms with E-state index in [0.717, 1.165) is 38.6 Å². The average molecular weight is 519 g/mol. The second-order valence-electron chi connectivity index (χ2n) is 10.7. The maximum Gasteiger partial charge on any atom is 0.225 e. The molecule has 3 aliphatic rings. The molecule has 37 heavy (non-hydrogen) atoms. The van der Waals surface area contributed by atoms with Gasteiger partial charge in [-0.3, -0.25) is 0 Å². The number of anilines is 2. The van der Waals surface area contributed by atoms with Crippen molar-refractivity contribution in [3.63, 3.8) is 0 Å². The van der Waals surface area contributed by atoms with Gasteiger partial charge in [0.2, 0.25) is 5.95 Å². The van der Waals surface area contributed by atoms with Gasteiger partial charge in [-0.15, -0.1) is 11.3 Å². The van der Waals surface area contributed by atoms with Crippen molar-refractivity contribution < 1.29 is 14.6 Å². The maximum atomic E-state index is 10.6. The minimum Gasteiger partial charge on any atom is -0.390 e. The Morgan fingerprint density at radius 1 is 1.16 bits per heavy atom. The Labute approximate surface area is 218 Å². The third-order valence-corrected chi connectivity index (χ3v) is 8.92. The number of hydrogen-bond donors (Lipinski definition) is 3. The van der Waals surface area contributed by atoms with E-state index in [1.165, 1.54) is 0 Å². The number of hydrogen-bond acceptors (Lipinski definition) is 9. The van der Waals surface area contributed by atoms with E-state index in [9.17, 15) is 5.11 Å². The minimum atomic E-state index is -0.736. The van der Waals surface area contributed by atoms with Crippen LogP contribution in [0.3, 0.4) is 0 Å². The molecule has 5 atom stereocenters. The maximum absolute atomic E-state index is 10.6. The minimum absolute atomic E-state index is 0.0561. The van der Waals surface area contributed by atoms with Crippen LogP contribution in [0.25, 0.3) is 20.8 Å². The lowest BCUT2D eigenvalue weighted by molar-refractivity contribution is -0.157. The van der Waals surface area contributed by atoms with Crippen LogP contribution in [0.5, 0.6) is 0 Å². The molecule has 1 unspecified atom stereocenters. The highest BCUT2D eigenvalue weighted by atomic mass is 32.1. The van der Waals surface area contributed by atoms with Crippen LogP contribution in [0.4, 0.5) is 11.8 Å². The molecule has 10 heteroatoms. The highest BCUT2D eigenvalue weighted by Gasteiger charge is 2.81. The monoisotopic (exact) mass is 518 g/mol. The van der Waals surface area contributed by atoms with Crippen LogP contribution in [0.1, 0.15) is 31.7 Å². The number of nitrogens with zero attached hydrogens (tertiary/aromatic N) is 4. The summed E-state index contributed by atoms with van der Waals surface area (Å²) in [7, 11) is 2.02. The Morgan fingerprint density at radius 3 is 2.78 bits per heavy atom. The van der Waals surface area contributed by atoms with Gasteiger partial charge in [0.15, 0.2) is 5.79 Å². The summed E-state index contributed by atoms with van der Waals surface area (Å²) in [5.74, 6) is 0.582. The lowest BCUT2D eigenvalue weighted by atomic mass is 10.1. The van der Waals surface area contributed by atoms with Crippen molar-refractivity contribution in [1.82, 2.24) is 19.5 Å². The summed E-state index contributed by atoms with van der Waals surface area (Å²) in [6.07, 6.45) is 2.01. The number of thiazole rings is 1. The van der Waals surface area contributed by atoms with Crippen LogP contribution in [0.15, 0.2) is 42.6 Å². The number of benzene rings is 1. The van der Waals surface area contributed by atoms with E-state index in [1.54, 1.807) is 11.3 Å². The first-order valence-corrected chi connectivity index (χ1v) is 13.5. The molecule has 4 heterocycles. The van der Waals surface area contributed by atoms with Crippen LogP contribution in [-0.4, -0.2) is 54.3 Å². The Kier molecular flexibility index (Phi) is 4.98. The van der Waals surface area contributed by atoms with Crippen molar-refractivity contribution in [2.75, 3.05) is 10.6 Å². The number of rotatable bonds is 6. The number of aliphatic hydroxyl groups excluding tert-OH is 1. The molecule has 192 valence electrons. The van der Waals surface area contributed by atoms with Crippen molar-refractivity contribution >= 4 is 33.3 Å². The predicted octanol–water partition coefficient (Wildman–Crippen LogP) is 4.08. The molecule has 3 fully saturated rings. The quantitative estimate of drug-likeness (QED) is 0.351. The first kappa shape index (κ1) is 23.1. The van der Waals surface area contributed by atoms with Gasteiger partial charge in [-0.2, -0.15) is 4.98 Å². The summed E-state index contributed by atoms with van der Waals surface area (Å²) in [6.45, 7) is 6.42. The fourth-order valence-corrected chi connectivity index (χ4v) is 7.18. The van der Waals surface area contributed by atoms with Gasteiger partial charge in [0.05, 0.1) is 40.2 Å². The molecule has 1 aliphatic heterocycles. The van der Waals surface area contributed by atoms with Gasteiger partial charge in [0.1, 0.15) is 22.5 Å². The zero-order chi connectivity index (χ0) is 25.5. The van der Waals surface area contributed by atoms with Gasteiger partial charge in [-0.05, 0) is 51.5 Å². The number of aliphatic hydroxyl groups is 1. The van der Waals surface area contributed by atoms with Gasteiger partial charge < -0.3 is 29.8 Å². The number of nitrogens with one attached hydrogen (secondary N) is 2. The normalized spacial score (nSPS) is 29.3. The Morgan fingerprint density at radius 2 is 2.00 bits per heavy atom. The lowest BCUT2D eigenvalue weighted by Gasteiger charge is -2.26. The average Bonchev–Trinajstić information content (AvgIpc) is 3.37. The zero-order valence-corrected chi connectivity index (χ0v) is 22.0. The van der Waals surface area contributed by atoms with Crippen molar-refractivity contribution in [3.05, 3.63) is 54.0 Å². The summed E-state index contributed by atoms with van der Waals surface area (Å²) < 4.78 is 15.7. The Hall–Kier alpha value is -3.05. The molecule has 3 N–H and O–H groups in total. The van der Waals surface area contributed by atoms with Crippen LogP contribution in [-0.2, 0) is 23.1 Å². The molecule has 0 bridgehead atoms. The highest BCUT2D eigenvalue weighted by molar-refractivity contribution is 7.21. The molecule has 1 spiro atoms. The van der Waals surface area contributed by atoms with Crippen LogP contribution in [0.2, 0.25) is 0 Å². The van der Waals surface area contributed by atoms with Crippen molar-refractivity contribution in [1.29, 1.82) is 0 Å². The largest absolute Gasteiger partial charge is 0.390 e. The summed E-state index contributed by atoms with van der Waals surface area (Å²) in [5.41, 5.74) is 3.19. The fourth-order valence-electron chi connectivity index (χ4n) is 6.12. The second kappa shape index (κ2) is 7.97. The van der Waals surface area contributed by atoms with Crippen LogP contribution >= 0.6 is 11.3 Å². The molecule has 2 aliphatic carbocycles. The third-order valence-electron chi connectivity index (χ3n) is 7.86. The van der Waals surface area contributed by atoms with E-state index >= 15 is 0 Å². The van der Waals surface area contributed by atoms with Crippen molar-refractivity contribution in [3.8, 4) is 10.6 Å². The Balaban J connectivity index is 1.26. The molecular weight excluding hydrogens is 488 g/mol. The lowest BCUT2D eigenvalue weighted by Crippen LogP contribution is -2.40. The topological polar surface area (TPSA) is 106 Å². The van der Waals surface area contributed by atoms with Crippen molar-refractivity contribution in [2.45, 2.75) is 63.4 Å². The van der Waals surface area contributed by atoms with Gasteiger partial charge in [0.25, 0.3) is 0 Å². The highest BCUT2D eigenvalue weighted by Crippen LogP contribution is 2.65. The molecule has 0 radical (unpaired) electrons. The molecule has 0 amide bonds. The fraction of sp³-hybridized carbons (Fsp3) is 0.444. The standard InChI is InChI=1S/C27H30N6O3S/c1-14-20(24-31-17-9-5-6-10-19(17)37-24)23(32-25(29-14)28-13-15-8-7-11-33(15)4)30-18-12-16-21(34)27(16)22(18)35-26(2,3)36-27/h5-11,16,18,21-22,34H,12-13H2,1-4H3,(H2,28,29,30,32)/t16-,18-,21?,22+,27+/m1/s1. The number of para-hydroxylation sites is 1. The summed E-state index contributed by atoms with van der Waals surface area (Å²) in [4.78, 5) is 14.7. The predicted molar refractivity (Wildman–Crippen MR) is 142 cm³/mol. The molecule has 3 aromatic heterocycles. The van der Waals surface area contributed by atoms with E-state index in [4.69, 9.17) is 24.4 Å². The van der Waals surface area contributed by atoms with E-state index in [0.29, 0.717) is 18.3 Å². The molecule has 9 nitrogen and oxygen atoms in total. The summed E-state index contributed by atoms with van der Waals surface area (Å²) >= 11 is 1.63. The number of aromatic nitrogens is 4. The first-order chi connectivity index (χ1) is 17.7. The van der Waals surface area contributed by atoms with E-state index < -0.39 is 17.5 Å². The SMILES string of the molecule is Cc1nc(NCc2cccn2C)nc(N[C@@H]2C[C@@H]3C(O)[C@@]34OC(C)(C)O[C@@H]24)c1-c1nc2ccccc2s1. The van der Waals surface area contributed by atoms with Crippen LogP contribution < -0.4 is 10.6 Å². The van der Waals surface area contributed by atoms with Gasteiger partial charge >= 0.3 is 0 Å². The van der Waals surface area contributed by atoms with Gasteiger partial charge in [-0.1, -0.05) is 12.1 Å². The number of aryl methyl sites for hydroxylation is 2. The Bertz CT molecular complexity index is 1480. The smallest absolute Gasteiger partial charge is 0.225 e. The van der Waals surface area contributed by atoms with Gasteiger partial charge in [0, 0.05) is 24.9 Å². The molecular formula is C27H30N6O3S.